The number of nitrogens with one attached hydrogen (secondary N) is 2. The molecule has 0 fully saturated rings. The number of rotatable bonds is 8. The zero-order valence-electron chi connectivity index (χ0n) is 12.7. The molecule has 0 rings (SSSR count). The van der Waals surface area contributed by atoms with Crippen molar-refractivity contribution >= 4 is 11.9 Å². The first-order valence-electron chi connectivity index (χ1n) is 6.83. The fourth-order valence-corrected chi connectivity index (χ4v) is 1.82. The molecule has 0 bridgehead atoms. The van der Waals surface area contributed by atoms with Gasteiger partial charge in [0.1, 0.15) is 0 Å². The fraction of sp³-hybridized carbons (Fsp3) is 0.857. The Bertz CT molecular complexity index is 296. The highest BCUT2D eigenvalue weighted by atomic mass is 16.4. The van der Waals surface area contributed by atoms with Gasteiger partial charge in [0.25, 0.3) is 0 Å². The van der Waals surface area contributed by atoms with Crippen LogP contribution in [0.5, 0.6) is 0 Å². The highest BCUT2D eigenvalue weighted by molar-refractivity contribution is 5.78. The first-order chi connectivity index (χ1) is 8.60. The Labute approximate surface area is 116 Å². The molecule has 0 aromatic heterocycles. The zero-order chi connectivity index (χ0) is 15.1. The Balaban J connectivity index is 4.08. The average Bonchev–Trinajstić information content (AvgIpc) is 2.20. The molecule has 3 N–H and O–H groups in total. The van der Waals surface area contributed by atoms with Crippen LogP contribution < -0.4 is 10.6 Å². The minimum absolute atomic E-state index is 0.00362. The van der Waals surface area contributed by atoms with E-state index in [-0.39, 0.29) is 30.3 Å². The summed E-state index contributed by atoms with van der Waals surface area (Å²) in [5, 5.41) is 14.7. The van der Waals surface area contributed by atoms with E-state index in [1.54, 1.807) is 0 Å². The van der Waals surface area contributed by atoms with Gasteiger partial charge < -0.3 is 15.7 Å². The minimum Gasteiger partial charge on any atom is -0.481 e. The summed E-state index contributed by atoms with van der Waals surface area (Å²) in [5.74, 6) is -0.480. The van der Waals surface area contributed by atoms with E-state index in [1.807, 2.05) is 20.8 Å². The first kappa shape index (κ1) is 17.9. The minimum atomic E-state index is -0.812. The lowest BCUT2D eigenvalue weighted by Gasteiger charge is -2.21. The van der Waals surface area contributed by atoms with Crippen LogP contribution in [-0.2, 0) is 9.59 Å². The van der Waals surface area contributed by atoms with Gasteiger partial charge in [0.15, 0.2) is 0 Å². The lowest BCUT2D eigenvalue weighted by atomic mass is 9.94. The van der Waals surface area contributed by atoms with Gasteiger partial charge in [-0.3, -0.25) is 9.59 Å². The van der Waals surface area contributed by atoms with E-state index >= 15 is 0 Å². The van der Waals surface area contributed by atoms with Crippen LogP contribution in [0.2, 0.25) is 0 Å². The topological polar surface area (TPSA) is 78.4 Å². The summed E-state index contributed by atoms with van der Waals surface area (Å²) < 4.78 is 0. The van der Waals surface area contributed by atoms with E-state index in [9.17, 15) is 9.59 Å². The molecule has 1 amide bonds. The Morgan fingerprint density at radius 2 is 1.79 bits per heavy atom. The van der Waals surface area contributed by atoms with Crippen molar-refractivity contribution in [2.45, 2.75) is 53.0 Å². The average molecular weight is 272 g/mol. The van der Waals surface area contributed by atoms with Crippen LogP contribution in [-0.4, -0.2) is 35.6 Å². The van der Waals surface area contributed by atoms with Crippen molar-refractivity contribution in [3.63, 3.8) is 0 Å². The number of carbonyl (C=O) groups excluding carboxylic acids is 1. The fourth-order valence-electron chi connectivity index (χ4n) is 1.82. The molecule has 19 heavy (non-hydrogen) atoms. The number of hydrogen-bond acceptors (Lipinski definition) is 3. The molecule has 0 heterocycles. The van der Waals surface area contributed by atoms with E-state index in [2.05, 4.69) is 24.5 Å². The molecule has 0 saturated carbocycles. The van der Waals surface area contributed by atoms with Crippen LogP contribution in [0, 0.1) is 11.8 Å². The number of hydrogen-bond donors (Lipinski definition) is 3. The highest BCUT2D eigenvalue weighted by Crippen LogP contribution is 2.14. The number of amides is 1. The summed E-state index contributed by atoms with van der Waals surface area (Å²) in [6.07, 6.45) is 0.907. The number of aliphatic carboxylic acids is 1. The molecule has 5 heteroatoms. The second-order valence-electron chi connectivity index (χ2n) is 6.50. The third-order valence-corrected chi connectivity index (χ3v) is 2.64. The van der Waals surface area contributed by atoms with E-state index in [0.29, 0.717) is 12.5 Å². The Hall–Kier alpha value is -1.10. The molecule has 0 aromatic carbocycles. The quantitative estimate of drug-likeness (QED) is 0.627. The van der Waals surface area contributed by atoms with E-state index in [4.69, 9.17) is 5.11 Å². The molecule has 0 aliphatic heterocycles. The number of carbonyl (C=O) groups is 2. The lowest BCUT2D eigenvalue weighted by molar-refractivity contribution is -0.138. The summed E-state index contributed by atoms with van der Waals surface area (Å²) in [7, 11) is 0. The summed E-state index contributed by atoms with van der Waals surface area (Å²) in [6, 6.07) is 0. The third kappa shape index (κ3) is 11.7. The number of carboxylic acid groups (broad SMARTS) is 1. The molecule has 0 aliphatic carbocycles. The summed E-state index contributed by atoms with van der Waals surface area (Å²) in [4.78, 5) is 22.4. The molecule has 112 valence electrons. The molecule has 0 radical (unpaired) electrons. The Kier molecular flexibility index (Phi) is 7.68. The molecular weight excluding hydrogens is 244 g/mol. The SMILES string of the molecule is CC(C)CC(CNC(=O)CNC(C)(C)C)CC(=O)O. The smallest absolute Gasteiger partial charge is 0.303 e. The maximum absolute atomic E-state index is 11.6. The van der Waals surface area contributed by atoms with Gasteiger partial charge >= 0.3 is 5.97 Å². The summed E-state index contributed by atoms with van der Waals surface area (Å²) in [6.45, 7) is 10.8. The molecule has 0 saturated heterocycles. The van der Waals surface area contributed by atoms with E-state index < -0.39 is 5.97 Å². The summed E-state index contributed by atoms with van der Waals surface area (Å²) >= 11 is 0. The molecule has 0 aliphatic rings. The lowest BCUT2D eigenvalue weighted by Crippen LogP contribution is -2.44. The molecule has 0 spiro atoms. The largest absolute Gasteiger partial charge is 0.481 e. The van der Waals surface area contributed by atoms with E-state index in [1.165, 1.54) is 0 Å². The second-order valence-corrected chi connectivity index (χ2v) is 6.50. The summed E-state index contributed by atoms with van der Waals surface area (Å²) in [5.41, 5.74) is -0.101. The predicted molar refractivity (Wildman–Crippen MR) is 76.0 cm³/mol. The van der Waals surface area contributed by atoms with Gasteiger partial charge in [-0.15, -0.1) is 0 Å². The van der Waals surface area contributed by atoms with Gasteiger partial charge in [-0.25, -0.2) is 0 Å². The predicted octanol–water partition coefficient (Wildman–Crippen LogP) is 1.63. The van der Waals surface area contributed by atoms with Gasteiger partial charge in [-0.1, -0.05) is 13.8 Å². The molecule has 1 unspecified atom stereocenters. The van der Waals surface area contributed by atoms with Crippen LogP contribution in [0.15, 0.2) is 0 Å². The maximum Gasteiger partial charge on any atom is 0.303 e. The third-order valence-electron chi connectivity index (χ3n) is 2.64. The van der Waals surface area contributed by atoms with Crippen molar-refractivity contribution < 1.29 is 14.7 Å². The van der Waals surface area contributed by atoms with E-state index in [0.717, 1.165) is 6.42 Å². The second kappa shape index (κ2) is 8.15. The molecular formula is C14H28N2O3. The van der Waals surface area contributed by atoms with Crippen molar-refractivity contribution in [2.75, 3.05) is 13.1 Å². The Morgan fingerprint density at radius 3 is 2.21 bits per heavy atom. The van der Waals surface area contributed by atoms with Crippen LogP contribution in [0.25, 0.3) is 0 Å². The molecule has 0 aromatic rings. The first-order valence-corrected chi connectivity index (χ1v) is 6.83. The van der Waals surface area contributed by atoms with Gasteiger partial charge in [0, 0.05) is 18.5 Å². The van der Waals surface area contributed by atoms with Crippen molar-refractivity contribution in [3.8, 4) is 0 Å². The normalized spacial score (nSPS) is 13.4. The van der Waals surface area contributed by atoms with Crippen LogP contribution in [0.4, 0.5) is 0 Å². The van der Waals surface area contributed by atoms with Gasteiger partial charge in [0.2, 0.25) is 5.91 Å². The zero-order valence-corrected chi connectivity index (χ0v) is 12.7. The molecule has 5 nitrogen and oxygen atoms in total. The Morgan fingerprint density at radius 1 is 1.21 bits per heavy atom. The van der Waals surface area contributed by atoms with Gasteiger partial charge in [0.05, 0.1) is 6.54 Å². The van der Waals surface area contributed by atoms with Gasteiger partial charge in [-0.05, 0) is 39.0 Å². The van der Waals surface area contributed by atoms with Crippen molar-refractivity contribution in [1.29, 1.82) is 0 Å². The maximum atomic E-state index is 11.6. The number of carboxylic acids is 1. The van der Waals surface area contributed by atoms with Crippen molar-refractivity contribution in [1.82, 2.24) is 10.6 Å². The van der Waals surface area contributed by atoms with Crippen LogP contribution >= 0.6 is 0 Å². The van der Waals surface area contributed by atoms with Crippen LogP contribution in [0.3, 0.4) is 0 Å². The monoisotopic (exact) mass is 272 g/mol. The van der Waals surface area contributed by atoms with Crippen LogP contribution in [0.1, 0.15) is 47.5 Å². The standard InChI is InChI=1S/C14H28N2O3/c1-10(2)6-11(7-13(18)19)8-15-12(17)9-16-14(3,4)5/h10-11,16H,6-9H2,1-5H3,(H,15,17)(H,18,19). The highest BCUT2D eigenvalue weighted by Gasteiger charge is 2.17. The van der Waals surface area contributed by atoms with Gasteiger partial charge in [-0.2, -0.15) is 0 Å². The molecule has 1 atom stereocenters. The van der Waals surface area contributed by atoms with Crippen molar-refractivity contribution in [3.05, 3.63) is 0 Å². The van der Waals surface area contributed by atoms with Crippen molar-refractivity contribution in [2.24, 2.45) is 11.8 Å².